The third-order valence-electron chi connectivity index (χ3n) is 1.79. The quantitative estimate of drug-likeness (QED) is 0.603. The second kappa shape index (κ2) is 2.13. The van der Waals surface area contributed by atoms with Crippen LogP contribution in [-0.2, 0) is 0 Å². The number of rotatable bonds is 2. The molecule has 0 atom stereocenters. The number of hydrogen-bond acceptors (Lipinski definition) is 2. The van der Waals surface area contributed by atoms with Gasteiger partial charge in [-0.15, -0.1) is 0 Å². The van der Waals surface area contributed by atoms with Gasteiger partial charge in [-0.2, -0.15) is 0 Å². The Morgan fingerprint density at radius 1 is 1.40 bits per heavy atom. The Morgan fingerprint density at radius 3 is 2.20 bits per heavy atom. The lowest BCUT2D eigenvalue weighted by molar-refractivity contribution is -0.205. The highest BCUT2D eigenvalue weighted by molar-refractivity contribution is 4.99. The van der Waals surface area contributed by atoms with Gasteiger partial charge in [-0.05, 0) is 13.0 Å². The van der Waals surface area contributed by atoms with Crippen LogP contribution in [0.4, 0.5) is 8.78 Å². The van der Waals surface area contributed by atoms with E-state index in [0.29, 0.717) is 0 Å². The lowest BCUT2D eigenvalue weighted by atomic mass is 9.74. The van der Waals surface area contributed by atoms with Gasteiger partial charge in [0.25, 0.3) is 5.92 Å². The van der Waals surface area contributed by atoms with Gasteiger partial charge in [0.05, 0.1) is 5.60 Å². The summed E-state index contributed by atoms with van der Waals surface area (Å²) in [6.45, 7) is 0.270. The Balaban J connectivity index is 2.34. The van der Waals surface area contributed by atoms with Gasteiger partial charge in [0.15, 0.2) is 0 Å². The van der Waals surface area contributed by atoms with Crippen molar-refractivity contribution in [2.75, 3.05) is 6.54 Å². The molecule has 0 unspecified atom stereocenters. The van der Waals surface area contributed by atoms with E-state index in [4.69, 9.17) is 5.73 Å². The van der Waals surface area contributed by atoms with Crippen LogP contribution >= 0.6 is 0 Å². The monoisotopic (exact) mass is 151 g/mol. The summed E-state index contributed by atoms with van der Waals surface area (Å²) in [6.07, 6.45) is -0.559. The molecule has 1 fully saturated rings. The minimum absolute atomic E-state index is 0.270. The molecule has 60 valence electrons. The van der Waals surface area contributed by atoms with Gasteiger partial charge in [-0.3, -0.25) is 0 Å². The molecule has 2 nitrogen and oxygen atoms in total. The van der Waals surface area contributed by atoms with Crippen LogP contribution in [0.5, 0.6) is 0 Å². The SMILES string of the molecule is NCCC1(O)CC(F)(F)C1. The van der Waals surface area contributed by atoms with Crippen molar-refractivity contribution >= 4 is 0 Å². The summed E-state index contributed by atoms with van der Waals surface area (Å²) in [7, 11) is 0. The van der Waals surface area contributed by atoms with E-state index in [0.717, 1.165) is 0 Å². The van der Waals surface area contributed by atoms with E-state index in [1.165, 1.54) is 0 Å². The molecule has 0 spiro atoms. The standard InChI is InChI=1S/C6H11F2NO/c7-6(8)3-5(10,4-6)1-2-9/h10H,1-4,9H2. The molecule has 1 aliphatic carbocycles. The average Bonchev–Trinajstić information content (AvgIpc) is 1.58. The number of nitrogens with two attached hydrogens (primary N) is 1. The first-order chi connectivity index (χ1) is 4.47. The molecule has 1 aliphatic rings. The van der Waals surface area contributed by atoms with E-state index < -0.39 is 24.4 Å². The van der Waals surface area contributed by atoms with Gasteiger partial charge in [0.2, 0.25) is 0 Å². The van der Waals surface area contributed by atoms with Crippen LogP contribution in [0.15, 0.2) is 0 Å². The molecule has 3 N–H and O–H groups in total. The van der Waals surface area contributed by atoms with Crippen LogP contribution in [0, 0.1) is 0 Å². The molecule has 0 saturated heterocycles. The van der Waals surface area contributed by atoms with E-state index in [1.807, 2.05) is 0 Å². The molecule has 0 bridgehead atoms. The van der Waals surface area contributed by atoms with E-state index in [1.54, 1.807) is 0 Å². The van der Waals surface area contributed by atoms with E-state index in [-0.39, 0.29) is 13.0 Å². The number of alkyl halides is 2. The molecular weight excluding hydrogens is 140 g/mol. The van der Waals surface area contributed by atoms with Crippen LogP contribution in [-0.4, -0.2) is 23.2 Å². The Kier molecular flexibility index (Phi) is 1.68. The third-order valence-corrected chi connectivity index (χ3v) is 1.79. The molecule has 0 aromatic heterocycles. The van der Waals surface area contributed by atoms with Crippen LogP contribution in [0.25, 0.3) is 0 Å². The summed E-state index contributed by atoms with van der Waals surface area (Å²) < 4.78 is 24.3. The highest BCUT2D eigenvalue weighted by Gasteiger charge is 2.54. The molecule has 0 amide bonds. The van der Waals surface area contributed by atoms with Crippen molar-refractivity contribution in [2.24, 2.45) is 5.73 Å². The van der Waals surface area contributed by atoms with Gasteiger partial charge < -0.3 is 10.8 Å². The fourth-order valence-electron chi connectivity index (χ4n) is 1.36. The van der Waals surface area contributed by atoms with Crippen molar-refractivity contribution in [3.8, 4) is 0 Å². The lowest BCUT2D eigenvalue weighted by Gasteiger charge is -2.43. The topological polar surface area (TPSA) is 46.2 Å². The zero-order chi connectivity index (χ0) is 7.83. The van der Waals surface area contributed by atoms with Gasteiger partial charge in [0, 0.05) is 12.8 Å². The maximum Gasteiger partial charge on any atom is 0.253 e. The molecule has 0 aromatic carbocycles. The Hall–Kier alpha value is -0.220. The van der Waals surface area contributed by atoms with Crippen LogP contribution < -0.4 is 5.73 Å². The third kappa shape index (κ3) is 1.44. The van der Waals surface area contributed by atoms with Gasteiger partial charge in [-0.25, -0.2) is 8.78 Å². The summed E-state index contributed by atoms with van der Waals surface area (Å²) in [5, 5.41) is 9.19. The molecule has 0 aromatic rings. The molecule has 10 heavy (non-hydrogen) atoms. The minimum Gasteiger partial charge on any atom is -0.389 e. The highest BCUT2D eigenvalue weighted by atomic mass is 19.3. The predicted molar refractivity (Wildman–Crippen MR) is 32.8 cm³/mol. The second-order valence-corrected chi connectivity index (χ2v) is 2.97. The molecule has 1 saturated carbocycles. The van der Waals surface area contributed by atoms with Crippen molar-refractivity contribution in [1.82, 2.24) is 0 Å². The maximum atomic E-state index is 12.2. The Morgan fingerprint density at radius 2 is 1.90 bits per heavy atom. The van der Waals surface area contributed by atoms with Gasteiger partial charge in [0.1, 0.15) is 0 Å². The molecule has 0 heterocycles. The maximum absolute atomic E-state index is 12.2. The van der Waals surface area contributed by atoms with E-state index >= 15 is 0 Å². The summed E-state index contributed by atoms with van der Waals surface area (Å²) in [5.74, 6) is -2.65. The average molecular weight is 151 g/mol. The first-order valence-electron chi connectivity index (χ1n) is 3.28. The van der Waals surface area contributed by atoms with Crippen molar-refractivity contribution in [2.45, 2.75) is 30.8 Å². The van der Waals surface area contributed by atoms with Crippen molar-refractivity contribution in [1.29, 1.82) is 0 Å². The smallest absolute Gasteiger partial charge is 0.253 e. The zero-order valence-corrected chi connectivity index (χ0v) is 5.61. The fraction of sp³-hybridized carbons (Fsp3) is 1.00. The van der Waals surface area contributed by atoms with Crippen LogP contribution in [0.2, 0.25) is 0 Å². The fourth-order valence-corrected chi connectivity index (χ4v) is 1.36. The highest BCUT2D eigenvalue weighted by Crippen LogP contribution is 2.46. The number of aliphatic hydroxyl groups is 1. The summed E-state index contributed by atoms with van der Waals surface area (Å²) >= 11 is 0. The molecule has 0 aliphatic heterocycles. The number of hydrogen-bond donors (Lipinski definition) is 2. The predicted octanol–water partition coefficient (Wildman–Crippen LogP) is 0.495. The largest absolute Gasteiger partial charge is 0.389 e. The first kappa shape index (κ1) is 7.88. The van der Waals surface area contributed by atoms with Crippen LogP contribution in [0.1, 0.15) is 19.3 Å². The first-order valence-corrected chi connectivity index (χ1v) is 3.28. The molecule has 1 rings (SSSR count). The van der Waals surface area contributed by atoms with Gasteiger partial charge >= 0.3 is 0 Å². The zero-order valence-electron chi connectivity index (χ0n) is 5.61. The lowest BCUT2D eigenvalue weighted by Crippen LogP contribution is -2.52. The van der Waals surface area contributed by atoms with E-state index in [9.17, 15) is 13.9 Å². The summed E-state index contributed by atoms with van der Waals surface area (Å²) in [5.41, 5.74) is 3.94. The van der Waals surface area contributed by atoms with Crippen molar-refractivity contribution < 1.29 is 13.9 Å². The number of halogens is 2. The molecule has 4 heteroatoms. The Labute approximate surface area is 58.0 Å². The summed E-state index contributed by atoms with van der Waals surface area (Å²) in [6, 6.07) is 0. The van der Waals surface area contributed by atoms with Crippen molar-refractivity contribution in [3.05, 3.63) is 0 Å². The molecular formula is C6H11F2NO. The minimum atomic E-state index is -2.65. The van der Waals surface area contributed by atoms with Crippen molar-refractivity contribution in [3.63, 3.8) is 0 Å². The molecule has 0 radical (unpaired) electrons. The second-order valence-electron chi connectivity index (χ2n) is 2.97. The Bertz CT molecular complexity index is 130. The van der Waals surface area contributed by atoms with Crippen LogP contribution in [0.3, 0.4) is 0 Å². The van der Waals surface area contributed by atoms with E-state index in [2.05, 4.69) is 0 Å². The van der Waals surface area contributed by atoms with Gasteiger partial charge in [-0.1, -0.05) is 0 Å². The summed E-state index contributed by atoms with van der Waals surface area (Å²) in [4.78, 5) is 0. The normalized spacial score (nSPS) is 27.6.